The Bertz CT molecular complexity index is 855. The molecule has 24 heavy (non-hydrogen) atoms. The van der Waals surface area contributed by atoms with Gasteiger partial charge in [-0.25, -0.2) is 4.98 Å². The van der Waals surface area contributed by atoms with Crippen molar-refractivity contribution in [3.63, 3.8) is 0 Å². The molecule has 1 saturated carbocycles. The summed E-state index contributed by atoms with van der Waals surface area (Å²) >= 11 is 0. The molecule has 2 aromatic rings. The predicted molar refractivity (Wildman–Crippen MR) is 77.4 cm³/mol. The number of rotatable bonds is 3. The van der Waals surface area contributed by atoms with E-state index in [2.05, 4.69) is 9.97 Å². The Hall–Kier alpha value is -3.02. The van der Waals surface area contributed by atoms with E-state index in [9.17, 15) is 28.3 Å². The lowest BCUT2D eigenvalue weighted by Crippen LogP contribution is -2.45. The molecule has 0 atom stereocenters. The van der Waals surface area contributed by atoms with Gasteiger partial charge in [-0.15, -0.1) is 0 Å². The van der Waals surface area contributed by atoms with E-state index >= 15 is 0 Å². The van der Waals surface area contributed by atoms with Crippen molar-refractivity contribution in [2.75, 3.05) is 0 Å². The number of aliphatic hydroxyl groups excluding tert-OH is 1. The Kier molecular flexibility index (Phi) is 3.48. The fourth-order valence-corrected chi connectivity index (χ4v) is 2.36. The fourth-order valence-electron chi connectivity index (χ4n) is 2.36. The monoisotopic (exact) mass is 336 g/mol. The van der Waals surface area contributed by atoms with Gasteiger partial charge in [-0.2, -0.15) is 18.4 Å². The number of hydrogen-bond acceptors (Lipinski definition) is 4. The molecule has 1 fully saturated rings. The number of benzene rings is 1. The standard InChI is InChI=1S/C15H11F3N4O2/c16-15(17,18)13(24)22-14(5-6-14)11(23)8(7-19)12-20-9-3-1-2-4-10(9)21-12/h1-4,23H,5-6H2,(H,20,21)(H,22,24)/b11-8-. The molecule has 1 heterocycles. The number of carbonyl (C=O) groups is 1. The van der Waals surface area contributed by atoms with E-state index in [1.54, 1.807) is 35.7 Å². The molecule has 0 spiro atoms. The topological polar surface area (TPSA) is 102 Å². The summed E-state index contributed by atoms with van der Waals surface area (Å²) in [4.78, 5) is 18.1. The second kappa shape index (κ2) is 5.26. The third kappa shape index (κ3) is 2.67. The molecule has 0 radical (unpaired) electrons. The van der Waals surface area contributed by atoms with Gasteiger partial charge in [-0.05, 0) is 25.0 Å². The minimum atomic E-state index is -5.07. The number of amides is 1. The minimum Gasteiger partial charge on any atom is -0.508 e. The predicted octanol–water partition coefficient (Wildman–Crippen LogP) is 2.57. The van der Waals surface area contributed by atoms with E-state index in [1.807, 2.05) is 0 Å². The third-order valence-electron chi connectivity index (χ3n) is 3.79. The number of carbonyl (C=O) groups excluding carboxylic acids is 1. The number of nitrogens with one attached hydrogen (secondary N) is 2. The van der Waals surface area contributed by atoms with Crippen molar-refractivity contribution in [2.24, 2.45) is 0 Å². The van der Waals surface area contributed by atoms with Gasteiger partial charge >= 0.3 is 12.1 Å². The first-order chi connectivity index (χ1) is 11.3. The number of allylic oxidation sites excluding steroid dienone is 1. The van der Waals surface area contributed by atoms with Crippen molar-refractivity contribution in [2.45, 2.75) is 24.6 Å². The number of aliphatic hydroxyl groups is 1. The van der Waals surface area contributed by atoms with Crippen LogP contribution in [0.3, 0.4) is 0 Å². The first-order valence-corrected chi connectivity index (χ1v) is 6.95. The second-order valence-corrected chi connectivity index (χ2v) is 5.47. The molecular formula is C15H11F3N4O2. The van der Waals surface area contributed by atoms with Crippen LogP contribution in [0, 0.1) is 11.3 Å². The number of fused-ring (bicyclic) bond motifs is 1. The van der Waals surface area contributed by atoms with Crippen molar-refractivity contribution in [3.05, 3.63) is 35.8 Å². The molecule has 3 N–H and O–H groups in total. The van der Waals surface area contributed by atoms with Crippen molar-refractivity contribution in [1.29, 1.82) is 5.26 Å². The average molecular weight is 336 g/mol. The maximum Gasteiger partial charge on any atom is 0.471 e. The van der Waals surface area contributed by atoms with Crippen molar-refractivity contribution < 1.29 is 23.1 Å². The summed E-state index contributed by atoms with van der Waals surface area (Å²) in [5.74, 6) is -2.75. The smallest absolute Gasteiger partial charge is 0.471 e. The van der Waals surface area contributed by atoms with Crippen LogP contribution in [0.1, 0.15) is 18.7 Å². The van der Waals surface area contributed by atoms with E-state index in [0.717, 1.165) is 0 Å². The number of aromatic amines is 1. The fraction of sp³-hybridized carbons (Fsp3) is 0.267. The molecule has 1 aliphatic rings. The van der Waals surface area contributed by atoms with E-state index in [4.69, 9.17) is 0 Å². The number of para-hydroxylation sites is 2. The van der Waals surface area contributed by atoms with Crippen LogP contribution in [0.15, 0.2) is 30.0 Å². The maximum atomic E-state index is 12.4. The maximum absolute atomic E-state index is 12.4. The molecule has 9 heteroatoms. The van der Waals surface area contributed by atoms with E-state index in [-0.39, 0.29) is 24.2 Å². The van der Waals surface area contributed by atoms with Crippen LogP contribution in [0.4, 0.5) is 13.2 Å². The average Bonchev–Trinajstić information content (AvgIpc) is 3.18. The highest BCUT2D eigenvalue weighted by atomic mass is 19.4. The normalized spacial score (nSPS) is 17.1. The van der Waals surface area contributed by atoms with Gasteiger partial charge in [-0.1, -0.05) is 12.1 Å². The molecule has 0 aliphatic heterocycles. The summed E-state index contributed by atoms with van der Waals surface area (Å²) in [6, 6.07) is 8.60. The van der Waals surface area contributed by atoms with E-state index < -0.39 is 23.4 Å². The Labute approximate surface area is 133 Å². The van der Waals surface area contributed by atoms with Gasteiger partial charge in [0.2, 0.25) is 0 Å². The summed E-state index contributed by atoms with van der Waals surface area (Å²) in [6.45, 7) is 0. The molecule has 0 bridgehead atoms. The first-order valence-electron chi connectivity index (χ1n) is 6.95. The SMILES string of the molecule is N#C/C(=C(/O)C1(NC(=O)C(F)(F)F)CC1)c1nc2ccccc2[nH]1. The summed E-state index contributed by atoms with van der Waals surface area (Å²) in [5.41, 5.74) is -0.725. The van der Waals surface area contributed by atoms with Crippen LogP contribution in [0.25, 0.3) is 16.6 Å². The lowest BCUT2D eigenvalue weighted by atomic mass is 10.1. The Morgan fingerprint density at radius 2 is 2.04 bits per heavy atom. The molecule has 1 aliphatic carbocycles. The lowest BCUT2D eigenvalue weighted by Gasteiger charge is -2.18. The number of alkyl halides is 3. The zero-order valence-electron chi connectivity index (χ0n) is 12.1. The van der Waals surface area contributed by atoms with Gasteiger partial charge in [0.1, 0.15) is 17.4 Å². The van der Waals surface area contributed by atoms with Crippen LogP contribution >= 0.6 is 0 Å². The molecular weight excluding hydrogens is 325 g/mol. The van der Waals surface area contributed by atoms with E-state index in [0.29, 0.717) is 11.0 Å². The van der Waals surface area contributed by atoms with Crippen LogP contribution in [0.2, 0.25) is 0 Å². The number of H-pyrrole nitrogens is 1. The van der Waals surface area contributed by atoms with Crippen LogP contribution in [0.5, 0.6) is 0 Å². The zero-order chi connectivity index (χ0) is 17.5. The first kappa shape index (κ1) is 15.9. The molecule has 1 aromatic heterocycles. The quantitative estimate of drug-likeness (QED) is 0.592. The van der Waals surface area contributed by atoms with Crippen LogP contribution < -0.4 is 5.32 Å². The second-order valence-electron chi connectivity index (χ2n) is 5.47. The third-order valence-corrected chi connectivity index (χ3v) is 3.79. The largest absolute Gasteiger partial charge is 0.508 e. The Morgan fingerprint density at radius 3 is 2.58 bits per heavy atom. The molecule has 0 unspecified atom stereocenters. The molecule has 6 nitrogen and oxygen atoms in total. The molecule has 3 rings (SSSR count). The number of halogens is 3. The van der Waals surface area contributed by atoms with Gasteiger partial charge in [0, 0.05) is 0 Å². The van der Waals surface area contributed by atoms with Crippen LogP contribution in [-0.2, 0) is 4.79 Å². The number of aromatic nitrogens is 2. The lowest BCUT2D eigenvalue weighted by molar-refractivity contribution is -0.174. The van der Waals surface area contributed by atoms with Crippen LogP contribution in [-0.4, -0.2) is 32.7 Å². The minimum absolute atomic E-state index is 0.0312. The molecule has 1 aromatic carbocycles. The molecule has 0 saturated heterocycles. The highest BCUT2D eigenvalue weighted by Crippen LogP contribution is 2.44. The molecule has 1 amide bonds. The number of nitriles is 1. The highest BCUT2D eigenvalue weighted by molar-refractivity contribution is 5.86. The molecule has 124 valence electrons. The van der Waals surface area contributed by atoms with Gasteiger partial charge in [0.25, 0.3) is 0 Å². The Balaban J connectivity index is 1.99. The van der Waals surface area contributed by atoms with Gasteiger partial charge < -0.3 is 15.4 Å². The summed E-state index contributed by atoms with van der Waals surface area (Å²) in [6.07, 6.45) is -4.86. The number of nitrogens with zero attached hydrogens (tertiary/aromatic N) is 2. The van der Waals surface area contributed by atoms with Gasteiger partial charge in [-0.3, -0.25) is 4.79 Å². The number of hydrogen-bond donors (Lipinski definition) is 3. The highest BCUT2D eigenvalue weighted by Gasteiger charge is 2.54. The Morgan fingerprint density at radius 1 is 1.38 bits per heavy atom. The van der Waals surface area contributed by atoms with Crippen molar-refractivity contribution >= 4 is 22.5 Å². The number of imidazole rings is 1. The van der Waals surface area contributed by atoms with Gasteiger partial charge in [0.15, 0.2) is 5.82 Å². The van der Waals surface area contributed by atoms with Crippen molar-refractivity contribution in [3.8, 4) is 6.07 Å². The summed E-state index contributed by atoms with van der Waals surface area (Å²) < 4.78 is 37.3. The van der Waals surface area contributed by atoms with Crippen molar-refractivity contribution in [1.82, 2.24) is 15.3 Å². The van der Waals surface area contributed by atoms with Gasteiger partial charge in [0.05, 0.1) is 16.6 Å². The summed E-state index contributed by atoms with van der Waals surface area (Å²) in [7, 11) is 0. The van der Waals surface area contributed by atoms with E-state index in [1.165, 1.54) is 0 Å². The zero-order valence-corrected chi connectivity index (χ0v) is 12.1. The summed E-state index contributed by atoms with van der Waals surface area (Å²) in [5, 5.41) is 21.4.